The van der Waals surface area contributed by atoms with Gasteiger partial charge < -0.3 is 10.0 Å². The van der Waals surface area contributed by atoms with E-state index >= 15 is 0 Å². The number of hydrogen-bond donors (Lipinski definition) is 1. The monoisotopic (exact) mass is 623 g/mol. The average molecular weight is 624 g/mol. The Hall–Kier alpha value is -5.12. The van der Waals surface area contributed by atoms with Crippen molar-refractivity contribution in [3.05, 3.63) is 139 Å². The minimum absolute atomic E-state index is 0.0144. The maximum absolute atomic E-state index is 13.7. The zero-order chi connectivity index (χ0) is 33.7. The Bertz CT molecular complexity index is 1830. The predicted molar refractivity (Wildman–Crippen MR) is 178 cm³/mol. The highest BCUT2D eigenvalue weighted by Gasteiger charge is 2.55. The third kappa shape index (κ3) is 5.17. The molecule has 4 aliphatic rings. The molecule has 0 fully saturated rings. The Kier molecular flexibility index (Phi) is 8.19. The van der Waals surface area contributed by atoms with E-state index in [-0.39, 0.29) is 46.0 Å². The average Bonchev–Trinajstić information content (AvgIpc) is 3.35. The number of nitro benzene ring substituents is 1. The number of carbonyl (C=O) groups excluding carboxylic acids is 1. The van der Waals surface area contributed by atoms with Crippen LogP contribution in [0.5, 0.6) is 0 Å². The molecule has 0 amide bonds. The second kappa shape index (κ2) is 11.7. The van der Waals surface area contributed by atoms with Gasteiger partial charge in [0, 0.05) is 41.9 Å². The first-order chi connectivity index (χ1) is 21.6. The van der Waals surface area contributed by atoms with Crippen molar-refractivity contribution in [3.8, 4) is 0 Å². The first-order valence-electron chi connectivity index (χ1n) is 15.3. The lowest BCUT2D eigenvalue weighted by Gasteiger charge is -2.28. The molecule has 238 valence electrons. The summed E-state index contributed by atoms with van der Waals surface area (Å²) in [4.78, 5) is 38.0. The van der Waals surface area contributed by atoms with Gasteiger partial charge in [-0.05, 0) is 51.0 Å². The molecule has 10 heteroatoms. The topological polar surface area (TPSA) is 130 Å². The summed E-state index contributed by atoms with van der Waals surface area (Å²) in [5.41, 5.74) is 3.45. The van der Waals surface area contributed by atoms with E-state index in [1.807, 2.05) is 70.7 Å². The van der Waals surface area contributed by atoms with Crippen LogP contribution in [-0.4, -0.2) is 50.2 Å². The minimum atomic E-state index is -0.570. The van der Waals surface area contributed by atoms with Gasteiger partial charge in [-0.25, -0.2) is 4.58 Å². The number of non-ortho nitro benzene ring substituents is 1. The number of hydrogen-bond acceptors (Lipinski definition) is 7. The second-order valence-corrected chi connectivity index (χ2v) is 13.1. The molecule has 1 aromatic rings. The molecule has 0 saturated heterocycles. The molecule has 0 aromatic heterocycles. The lowest BCUT2D eigenvalue weighted by atomic mass is 9.72. The van der Waals surface area contributed by atoms with E-state index in [0.29, 0.717) is 18.8 Å². The van der Waals surface area contributed by atoms with Crippen LogP contribution in [0.15, 0.2) is 113 Å². The highest BCUT2D eigenvalue weighted by atomic mass is 16.6. The third-order valence-corrected chi connectivity index (χ3v) is 9.57. The fraction of sp³-hybridized carbons (Fsp3) is 0.333. The first-order valence-corrected chi connectivity index (χ1v) is 15.3. The highest BCUT2D eigenvalue weighted by Crippen LogP contribution is 2.50. The fourth-order valence-electron chi connectivity index (χ4n) is 7.08. The van der Waals surface area contributed by atoms with Crippen LogP contribution < -0.4 is 4.90 Å². The zero-order valence-electron chi connectivity index (χ0n) is 27.0. The number of aliphatic hydroxyl groups excluding tert-OH is 1. The van der Waals surface area contributed by atoms with Crippen molar-refractivity contribution >= 4 is 22.9 Å². The van der Waals surface area contributed by atoms with Crippen molar-refractivity contribution in [3.63, 3.8) is 0 Å². The number of Topliss-reactive ketones (excluding diaryl/α,β-unsaturated/α-hetero) is 1. The molecular weight excluding hydrogens is 584 g/mol. The molecule has 0 bridgehead atoms. The molecular formula is C36H39N4O6+. The SMILES string of the molecule is C=C/C=C\C=C(/C)C[N+]1=C(C=C2C(=O)C(C=C3N(CC)c4cc([N+](=O)[O-])ccc4C3(C)C)=C2O)C(C)(C)C2C=CC([N+](=O)[O-])=CC21. The van der Waals surface area contributed by atoms with Crippen molar-refractivity contribution in [2.45, 2.75) is 53.0 Å². The Morgan fingerprint density at radius 3 is 2.46 bits per heavy atom. The number of ketones is 1. The molecule has 2 aliphatic heterocycles. The molecule has 2 aliphatic carbocycles. The number of carbonyl (C=O) groups is 1. The molecule has 0 spiro atoms. The maximum atomic E-state index is 13.7. The molecule has 10 nitrogen and oxygen atoms in total. The number of anilines is 1. The number of aliphatic hydroxyl groups is 1. The molecule has 5 rings (SSSR count). The van der Waals surface area contributed by atoms with Gasteiger partial charge in [0.2, 0.25) is 5.78 Å². The minimum Gasteiger partial charge on any atom is -0.506 e. The number of likely N-dealkylation sites (N-methyl/N-ethyl adjacent to an activating group) is 1. The number of benzene rings is 1. The summed E-state index contributed by atoms with van der Waals surface area (Å²) in [5.74, 6) is -0.528. The predicted octanol–water partition coefficient (Wildman–Crippen LogP) is 6.81. The summed E-state index contributed by atoms with van der Waals surface area (Å²) < 4.78 is 2.08. The van der Waals surface area contributed by atoms with Crippen LogP contribution >= 0.6 is 0 Å². The zero-order valence-corrected chi connectivity index (χ0v) is 27.0. The maximum Gasteiger partial charge on any atom is 0.271 e. The smallest absolute Gasteiger partial charge is 0.271 e. The van der Waals surface area contributed by atoms with E-state index in [2.05, 4.69) is 11.2 Å². The Balaban J connectivity index is 1.60. The summed E-state index contributed by atoms with van der Waals surface area (Å²) in [6, 6.07) is 4.47. The summed E-state index contributed by atoms with van der Waals surface area (Å²) in [5, 5.41) is 34.5. The van der Waals surface area contributed by atoms with E-state index in [1.165, 1.54) is 12.1 Å². The summed E-state index contributed by atoms with van der Waals surface area (Å²) in [7, 11) is 0. The van der Waals surface area contributed by atoms with Crippen LogP contribution in [0.4, 0.5) is 11.4 Å². The van der Waals surface area contributed by atoms with Crippen LogP contribution in [0.25, 0.3) is 0 Å². The fourth-order valence-corrected chi connectivity index (χ4v) is 7.08. The van der Waals surface area contributed by atoms with E-state index in [4.69, 9.17) is 0 Å². The van der Waals surface area contributed by atoms with Gasteiger partial charge >= 0.3 is 0 Å². The first kappa shape index (κ1) is 32.3. The summed E-state index contributed by atoms with van der Waals surface area (Å²) >= 11 is 0. The molecule has 1 aromatic carbocycles. The molecule has 2 atom stereocenters. The van der Waals surface area contributed by atoms with E-state index in [1.54, 1.807) is 36.4 Å². The number of allylic oxidation sites excluding steroid dienone is 10. The molecule has 2 heterocycles. The molecule has 0 radical (unpaired) electrons. The lowest BCUT2D eigenvalue weighted by Crippen LogP contribution is -2.32. The third-order valence-electron chi connectivity index (χ3n) is 9.57. The van der Waals surface area contributed by atoms with Crippen molar-refractivity contribution in [2.24, 2.45) is 11.3 Å². The van der Waals surface area contributed by atoms with Gasteiger partial charge in [0.25, 0.3) is 11.4 Å². The molecule has 46 heavy (non-hydrogen) atoms. The van der Waals surface area contributed by atoms with Crippen LogP contribution in [0, 0.1) is 31.6 Å². The van der Waals surface area contributed by atoms with Crippen molar-refractivity contribution < 1.29 is 24.3 Å². The Labute approximate surface area is 268 Å². The number of nitrogens with zero attached hydrogens (tertiary/aromatic N) is 4. The molecule has 0 saturated carbocycles. The van der Waals surface area contributed by atoms with Gasteiger partial charge in [0.05, 0.1) is 44.1 Å². The van der Waals surface area contributed by atoms with E-state index in [9.17, 15) is 30.1 Å². The second-order valence-electron chi connectivity index (χ2n) is 13.1. The van der Waals surface area contributed by atoms with E-state index < -0.39 is 20.7 Å². The lowest BCUT2D eigenvalue weighted by molar-refractivity contribution is -0.544. The van der Waals surface area contributed by atoms with Crippen molar-refractivity contribution in [1.29, 1.82) is 0 Å². The van der Waals surface area contributed by atoms with Gasteiger partial charge in [-0.3, -0.25) is 25.0 Å². The Morgan fingerprint density at radius 1 is 1.13 bits per heavy atom. The van der Waals surface area contributed by atoms with Gasteiger partial charge in [-0.1, -0.05) is 50.8 Å². The van der Waals surface area contributed by atoms with Gasteiger partial charge in [-0.15, -0.1) is 0 Å². The van der Waals surface area contributed by atoms with Crippen LogP contribution in [0.3, 0.4) is 0 Å². The van der Waals surface area contributed by atoms with Crippen LogP contribution in [0.2, 0.25) is 0 Å². The quantitative estimate of drug-likeness (QED) is 0.105. The normalized spacial score (nSPS) is 24.9. The standard InChI is InChI=1S/C36H38N4O6/c1-8-10-11-12-22(3)21-38-30-18-24(40(45)46)14-16-28(30)36(6,7)32(38)20-26-33(41)25(34(26)42)19-31-35(4,5)27-15-13-23(39(43)44)17-29(27)37(31)9-2/h8,10-20,28,30H,1,9,21H2,2-7H3/p+1/b11-10-,22-12+. The van der Waals surface area contributed by atoms with Crippen LogP contribution in [0.1, 0.15) is 47.1 Å². The van der Waals surface area contributed by atoms with Gasteiger partial charge in [-0.2, -0.15) is 0 Å². The van der Waals surface area contributed by atoms with Gasteiger partial charge in [0.15, 0.2) is 18.3 Å². The molecule has 2 unspecified atom stereocenters. The summed E-state index contributed by atoms with van der Waals surface area (Å²) in [6.45, 7) is 16.7. The van der Waals surface area contributed by atoms with E-state index in [0.717, 1.165) is 22.5 Å². The molecule has 1 N–H and O–H groups in total. The number of nitro groups is 2. The van der Waals surface area contributed by atoms with Gasteiger partial charge in [0.1, 0.15) is 5.76 Å². The van der Waals surface area contributed by atoms with Crippen molar-refractivity contribution in [1.82, 2.24) is 0 Å². The summed E-state index contributed by atoms with van der Waals surface area (Å²) in [6.07, 6.45) is 15.8. The van der Waals surface area contributed by atoms with Crippen LogP contribution in [-0.2, 0) is 10.2 Å². The largest absolute Gasteiger partial charge is 0.506 e. The number of rotatable bonds is 9. The van der Waals surface area contributed by atoms with Crippen molar-refractivity contribution in [2.75, 3.05) is 18.0 Å². The highest BCUT2D eigenvalue weighted by molar-refractivity contribution is 6.23. The number of fused-ring (bicyclic) bond motifs is 2. The Morgan fingerprint density at radius 2 is 1.85 bits per heavy atom.